The quantitative estimate of drug-likeness (QED) is 0.754. The molecule has 118 valence electrons. The first-order valence-electron chi connectivity index (χ1n) is 7.97. The molecule has 20 heavy (non-hydrogen) atoms. The van der Waals surface area contributed by atoms with Gasteiger partial charge in [0, 0.05) is 32.2 Å². The lowest BCUT2D eigenvalue weighted by atomic mass is 9.89. The van der Waals surface area contributed by atoms with Crippen molar-refractivity contribution in [2.45, 2.75) is 59.4 Å². The topological polar surface area (TPSA) is 52.6 Å². The van der Waals surface area contributed by atoms with Crippen molar-refractivity contribution in [3.8, 4) is 0 Å². The molecule has 0 aromatic heterocycles. The Morgan fingerprint density at radius 1 is 1.35 bits per heavy atom. The van der Waals surface area contributed by atoms with Crippen LogP contribution in [0.25, 0.3) is 0 Å². The van der Waals surface area contributed by atoms with Gasteiger partial charge in [-0.3, -0.25) is 4.79 Å². The number of aliphatic carboxylic acids is 1. The van der Waals surface area contributed by atoms with E-state index < -0.39 is 5.97 Å². The van der Waals surface area contributed by atoms with Gasteiger partial charge in [0.15, 0.2) is 0 Å². The minimum absolute atomic E-state index is 0.255. The van der Waals surface area contributed by atoms with E-state index in [1.165, 1.54) is 19.3 Å². The molecule has 1 aliphatic heterocycles. The van der Waals surface area contributed by atoms with Crippen LogP contribution in [0.4, 0.5) is 0 Å². The monoisotopic (exact) mass is 284 g/mol. The fourth-order valence-electron chi connectivity index (χ4n) is 2.95. The van der Waals surface area contributed by atoms with Crippen molar-refractivity contribution >= 4 is 5.97 Å². The van der Waals surface area contributed by atoms with Crippen molar-refractivity contribution in [1.82, 2.24) is 10.2 Å². The van der Waals surface area contributed by atoms with Crippen molar-refractivity contribution in [2.24, 2.45) is 11.3 Å². The number of piperidine rings is 1. The smallest absolute Gasteiger partial charge is 0.304 e. The Morgan fingerprint density at radius 3 is 2.60 bits per heavy atom. The van der Waals surface area contributed by atoms with E-state index in [9.17, 15) is 4.79 Å². The Balaban J connectivity index is 2.49. The number of hydrogen-bond acceptors (Lipinski definition) is 3. The van der Waals surface area contributed by atoms with Gasteiger partial charge < -0.3 is 15.3 Å². The highest BCUT2D eigenvalue weighted by atomic mass is 16.4. The molecule has 0 aliphatic carbocycles. The summed E-state index contributed by atoms with van der Waals surface area (Å²) >= 11 is 0. The first kappa shape index (κ1) is 17.4. The number of carboxylic acid groups (broad SMARTS) is 1. The van der Waals surface area contributed by atoms with Crippen molar-refractivity contribution in [3.63, 3.8) is 0 Å². The maximum atomic E-state index is 10.7. The van der Waals surface area contributed by atoms with Crippen LogP contribution in [-0.4, -0.2) is 48.2 Å². The summed E-state index contributed by atoms with van der Waals surface area (Å²) in [6.45, 7) is 12.7. The molecule has 1 heterocycles. The fourth-order valence-corrected chi connectivity index (χ4v) is 2.95. The maximum absolute atomic E-state index is 10.7. The summed E-state index contributed by atoms with van der Waals surface area (Å²) in [5, 5.41) is 12.5. The van der Waals surface area contributed by atoms with Gasteiger partial charge in [-0.1, -0.05) is 34.1 Å². The number of likely N-dealkylation sites (tertiary alicyclic amines) is 1. The molecule has 1 rings (SSSR count). The first-order chi connectivity index (χ1) is 9.30. The molecule has 4 nitrogen and oxygen atoms in total. The maximum Gasteiger partial charge on any atom is 0.304 e. The lowest BCUT2D eigenvalue weighted by Gasteiger charge is -2.39. The molecule has 0 bridgehead atoms. The van der Waals surface area contributed by atoms with E-state index in [-0.39, 0.29) is 6.42 Å². The SMILES string of the molecule is CCCC1CC(NCC(C)(C)C)CN(CCC(=O)O)C1. The molecule has 0 saturated carbocycles. The van der Waals surface area contributed by atoms with E-state index in [0.29, 0.717) is 23.9 Å². The summed E-state index contributed by atoms with van der Waals surface area (Å²) in [7, 11) is 0. The van der Waals surface area contributed by atoms with Gasteiger partial charge in [0.25, 0.3) is 0 Å². The van der Waals surface area contributed by atoms with E-state index in [4.69, 9.17) is 5.11 Å². The lowest BCUT2D eigenvalue weighted by Crippen LogP contribution is -2.51. The predicted molar refractivity (Wildman–Crippen MR) is 83.0 cm³/mol. The van der Waals surface area contributed by atoms with Crippen LogP contribution >= 0.6 is 0 Å². The molecule has 1 aliphatic rings. The number of carbonyl (C=O) groups is 1. The van der Waals surface area contributed by atoms with Crippen LogP contribution < -0.4 is 5.32 Å². The third-order valence-corrected chi connectivity index (χ3v) is 3.87. The first-order valence-corrected chi connectivity index (χ1v) is 7.97. The van der Waals surface area contributed by atoms with Crippen LogP contribution in [0.3, 0.4) is 0 Å². The second-order valence-electron chi connectivity index (χ2n) is 7.43. The Kier molecular flexibility index (Phi) is 6.96. The fraction of sp³-hybridized carbons (Fsp3) is 0.938. The van der Waals surface area contributed by atoms with Crippen LogP contribution in [0.15, 0.2) is 0 Å². The van der Waals surface area contributed by atoms with Crippen LogP contribution in [0.1, 0.15) is 53.4 Å². The molecular formula is C16H32N2O2. The van der Waals surface area contributed by atoms with Gasteiger partial charge in [0.1, 0.15) is 0 Å². The second kappa shape index (κ2) is 7.99. The summed E-state index contributed by atoms with van der Waals surface area (Å²) in [6.07, 6.45) is 3.94. The van der Waals surface area contributed by atoms with Crippen LogP contribution in [0, 0.1) is 11.3 Å². The highest BCUT2D eigenvalue weighted by molar-refractivity contribution is 5.66. The predicted octanol–water partition coefficient (Wildman–Crippen LogP) is 2.59. The Hall–Kier alpha value is -0.610. The molecule has 2 N–H and O–H groups in total. The molecule has 0 amide bonds. The largest absolute Gasteiger partial charge is 0.481 e. The van der Waals surface area contributed by atoms with Gasteiger partial charge in [-0.25, -0.2) is 0 Å². The van der Waals surface area contributed by atoms with Gasteiger partial charge in [0.05, 0.1) is 6.42 Å². The van der Waals surface area contributed by atoms with Crippen molar-refractivity contribution in [2.75, 3.05) is 26.2 Å². The minimum atomic E-state index is -0.693. The summed E-state index contributed by atoms with van der Waals surface area (Å²) < 4.78 is 0. The number of rotatable bonds is 7. The van der Waals surface area contributed by atoms with Gasteiger partial charge in [-0.05, 0) is 24.2 Å². The van der Waals surface area contributed by atoms with E-state index in [1.807, 2.05) is 0 Å². The molecular weight excluding hydrogens is 252 g/mol. The molecule has 4 heteroatoms. The van der Waals surface area contributed by atoms with Crippen molar-refractivity contribution in [3.05, 3.63) is 0 Å². The number of nitrogens with one attached hydrogen (secondary N) is 1. The molecule has 1 saturated heterocycles. The average molecular weight is 284 g/mol. The lowest BCUT2D eigenvalue weighted by molar-refractivity contribution is -0.137. The zero-order valence-electron chi connectivity index (χ0n) is 13.6. The van der Waals surface area contributed by atoms with Crippen molar-refractivity contribution in [1.29, 1.82) is 0 Å². The number of nitrogens with zero attached hydrogens (tertiary/aromatic N) is 1. The Labute approximate surface area is 123 Å². The van der Waals surface area contributed by atoms with Crippen LogP contribution in [-0.2, 0) is 4.79 Å². The molecule has 2 atom stereocenters. The molecule has 0 spiro atoms. The van der Waals surface area contributed by atoms with E-state index >= 15 is 0 Å². The third-order valence-electron chi connectivity index (χ3n) is 3.87. The zero-order chi connectivity index (χ0) is 15.2. The van der Waals surface area contributed by atoms with Crippen LogP contribution in [0.2, 0.25) is 0 Å². The molecule has 0 aromatic rings. The number of carboxylic acids is 1. The molecule has 2 unspecified atom stereocenters. The standard InChI is InChI=1S/C16H32N2O2/c1-5-6-13-9-14(17-12-16(2,3)4)11-18(10-13)8-7-15(19)20/h13-14,17H,5-12H2,1-4H3,(H,19,20). The van der Waals surface area contributed by atoms with Gasteiger partial charge in [-0.2, -0.15) is 0 Å². The molecule has 1 fully saturated rings. The van der Waals surface area contributed by atoms with E-state index in [1.54, 1.807) is 0 Å². The summed E-state index contributed by atoms with van der Waals surface area (Å²) in [6, 6.07) is 0.508. The molecule has 0 radical (unpaired) electrons. The summed E-state index contributed by atoms with van der Waals surface area (Å²) in [4.78, 5) is 13.1. The normalized spacial score (nSPS) is 24.8. The van der Waals surface area contributed by atoms with E-state index in [2.05, 4.69) is 37.9 Å². The van der Waals surface area contributed by atoms with E-state index in [0.717, 1.165) is 19.6 Å². The average Bonchev–Trinajstić information content (AvgIpc) is 2.33. The summed E-state index contributed by atoms with van der Waals surface area (Å²) in [5.74, 6) is 0.0156. The number of hydrogen-bond donors (Lipinski definition) is 2. The Bertz CT molecular complexity index is 299. The summed E-state index contributed by atoms with van der Waals surface area (Å²) in [5.41, 5.74) is 0.295. The third kappa shape index (κ3) is 7.25. The van der Waals surface area contributed by atoms with Crippen LogP contribution in [0.5, 0.6) is 0 Å². The van der Waals surface area contributed by atoms with Gasteiger partial charge in [0.2, 0.25) is 0 Å². The highest BCUT2D eigenvalue weighted by Gasteiger charge is 2.27. The van der Waals surface area contributed by atoms with Crippen molar-refractivity contribution < 1.29 is 9.90 Å². The Morgan fingerprint density at radius 2 is 2.05 bits per heavy atom. The zero-order valence-corrected chi connectivity index (χ0v) is 13.6. The van der Waals surface area contributed by atoms with Gasteiger partial charge >= 0.3 is 5.97 Å². The minimum Gasteiger partial charge on any atom is -0.481 e. The molecule has 0 aromatic carbocycles. The highest BCUT2D eigenvalue weighted by Crippen LogP contribution is 2.22. The van der Waals surface area contributed by atoms with Gasteiger partial charge in [-0.15, -0.1) is 0 Å². The second-order valence-corrected chi connectivity index (χ2v) is 7.43.